The van der Waals surface area contributed by atoms with E-state index in [1.54, 1.807) is 0 Å². The van der Waals surface area contributed by atoms with E-state index in [-0.39, 0.29) is 11.9 Å². The minimum Gasteiger partial charge on any atom is -0.353 e. The van der Waals surface area contributed by atoms with Gasteiger partial charge in [0.15, 0.2) is 0 Å². The second kappa shape index (κ2) is 5.43. The van der Waals surface area contributed by atoms with Crippen molar-refractivity contribution in [1.29, 1.82) is 0 Å². The van der Waals surface area contributed by atoms with Gasteiger partial charge in [0.2, 0.25) is 5.91 Å². The first kappa shape index (κ1) is 12.8. The summed E-state index contributed by atoms with van der Waals surface area (Å²) in [6, 6.07) is 11.8. The number of aryl methyl sites for hydroxylation is 1. The lowest BCUT2D eigenvalue weighted by Gasteiger charge is -2.24. The molecular formula is C16H17N3O. The molecule has 3 rings (SSSR count). The molecule has 1 unspecified atom stereocenters. The minimum atomic E-state index is -0.262. The summed E-state index contributed by atoms with van der Waals surface area (Å²) < 4.78 is 0. The van der Waals surface area contributed by atoms with Gasteiger partial charge in [0.1, 0.15) is 6.04 Å². The van der Waals surface area contributed by atoms with Crippen LogP contribution in [0.4, 0.5) is 0 Å². The predicted octanol–water partition coefficient (Wildman–Crippen LogP) is 1.82. The molecule has 4 heteroatoms. The van der Waals surface area contributed by atoms with Crippen molar-refractivity contribution in [2.75, 3.05) is 13.1 Å². The molecule has 1 amide bonds. The summed E-state index contributed by atoms with van der Waals surface area (Å²) in [7, 11) is 0. The lowest BCUT2D eigenvalue weighted by atomic mass is 9.99. The lowest BCUT2D eigenvalue weighted by molar-refractivity contribution is -0.124. The lowest BCUT2D eigenvalue weighted by Crippen LogP contribution is -2.47. The van der Waals surface area contributed by atoms with Crippen LogP contribution in [0, 0.1) is 6.92 Å². The number of pyridine rings is 1. The van der Waals surface area contributed by atoms with Crippen molar-refractivity contribution in [3.63, 3.8) is 0 Å². The summed E-state index contributed by atoms with van der Waals surface area (Å²) in [5, 5.41) is 6.13. The van der Waals surface area contributed by atoms with E-state index in [1.165, 1.54) is 0 Å². The van der Waals surface area contributed by atoms with Crippen LogP contribution in [0.2, 0.25) is 0 Å². The predicted molar refractivity (Wildman–Crippen MR) is 78.2 cm³/mol. The molecule has 102 valence electrons. The molecule has 1 saturated heterocycles. The summed E-state index contributed by atoms with van der Waals surface area (Å²) in [4.78, 5) is 16.2. The third-order valence-corrected chi connectivity index (χ3v) is 3.50. The third-order valence-electron chi connectivity index (χ3n) is 3.50. The first-order valence-electron chi connectivity index (χ1n) is 6.78. The molecule has 0 saturated carbocycles. The first-order valence-corrected chi connectivity index (χ1v) is 6.78. The van der Waals surface area contributed by atoms with Gasteiger partial charge in [-0.3, -0.25) is 9.78 Å². The van der Waals surface area contributed by atoms with Crippen molar-refractivity contribution in [2.45, 2.75) is 13.0 Å². The molecule has 0 aliphatic carbocycles. The summed E-state index contributed by atoms with van der Waals surface area (Å²) in [5.41, 5.74) is 4.13. The molecule has 1 aromatic heterocycles. The van der Waals surface area contributed by atoms with Gasteiger partial charge >= 0.3 is 0 Å². The Morgan fingerprint density at radius 1 is 1.15 bits per heavy atom. The van der Waals surface area contributed by atoms with Crippen molar-refractivity contribution < 1.29 is 4.79 Å². The molecule has 2 heterocycles. The van der Waals surface area contributed by atoms with Crippen LogP contribution in [-0.2, 0) is 4.79 Å². The number of carbonyl (C=O) groups excluding carboxylic acids is 1. The second-order valence-electron chi connectivity index (χ2n) is 4.99. The summed E-state index contributed by atoms with van der Waals surface area (Å²) in [6.07, 6.45) is 1.86. The SMILES string of the molecule is Cc1ccc(-c2cccc(C3NCCNC3=O)c2)cn1. The molecular weight excluding hydrogens is 250 g/mol. The highest BCUT2D eigenvalue weighted by atomic mass is 16.2. The maximum Gasteiger partial charge on any atom is 0.241 e. The monoisotopic (exact) mass is 267 g/mol. The van der Waals surface area contributed by atoms with Crippen LogP contribution in [0.15, 0.2) is 42.6 Å². The van der Waals surface area contributed by atoms with E-state index in [0.29, 0.717) is 6.54 Å². The van der Waals surface area contributed by atoms with E-state index in [0.717, 1.165) is 28.9 Å². The number of amides is 1. The van der Waals surface area contributed by atoms with Crippen LogP contribution in [0.1, 0.15) is 17.3 Å². The number of carbonyl (C=O) groups is 1. The Kier molecular flexibility index (Phi) is 3.48. The Balaban J connectivity index is 1.93. The number of piperazine rings is 1. The molecule has 1 aliphatic heterocycles. The molecule has 0 radical (unpaired) electrons. The number of hydrogen-bond donors (Lipinski definition) is 2. The third kappa shape index (κ3) is 2.56. The van der Waals surface area contributed by atoms with Crippen LogP contribution in [0.5, 0.6) is 0 Å². The Hall–Kier alpha value is -2.20. The maximum atomic E-state index is 11.9. The first-order chi connectivity index (χ1) is 9.74. The Morgan fingerprint density at radius 3 is 2.80 bits per heavy atom. The smallest absolute Gasteiger partial charge is 0.241 e. The van der Waals surface area contributed by atoms with Gasteiger partial charge in [0.05, 0.1) is 0 Å². The number of hydrogen-bond acceptors (Lipinski definition) is 3. The molecule has 0 spiro atoms. The summed E-state index contributed by atoms with van der Waals surface area (Å²) in [5.74, 6) is 0.0374. The summed E-state index contributed by atoms with van der Waals surface area (Å²) >= 11 is 0. The number of benzene rings is 1. The molecule has 20 heavy (non-hydrogen) atoms. The number of nitrogens with zero attached hydrogens (tertiary/aromatic N) is 1. The number of rotatable bonds is 2. The van der Waals surface area contributed by atoms with Crippen molar-refractivity contribution in [1.82, 2.24) is 15.6 Å². The fourth-order valence-electron chi connectivity index (χ4n) is 2.40. The van der Waals surface area contributed by atoms with Crippen LogP contribution in [-0.4, -0.2) is 24.0 Å². The zero-order valence-electron chi connectivity index (χ0n) is 11.4. The number of aromatic nitrogens is 1. The van der Waals surface area contributed by atoms with Crippen molar-refractivity contribution in [3.05, 3.63) is 53.9 Å². The highest BCUT2D eigenvalue weighted by molar-refractivity contribution is 5.84. The van der Waals surface area contributed by atoms with Crippen molar-refractivity contribution >= 4 is 5.91 Å². The van der Waals surface area contributed by atoms with Crippen molar-refractivity contribution in [3.8, 4) is 11.1 Å². The number of nitrogens with one attached hydrogen (secondary N) is 2. The van der Waals surface area contributed by atoms with Gasteiger partial charge in [-0.1, -0.05) is 24.3 Å². The molecule has 1 aromatic carbocycles. The van der Waals surface area contributed by atoms with Crippen molar-refractivity contribution in [2.24, 2.45) is 0 Å². The molecule has 2 N–H and O–H groups in total. The quantitative estimate of drug-likeness (QED) is 0.872. The van der Waals surface area contributed by atoms with Crippen LogP contribution >= 0.6 is 0 Å². The molecule has 2 aromatic rings. The van der Waals surface area contributed by atoms with E-state index in [9.17, 15) is 4.79 Å². The highest BCUT2D eigenvalue weighted by Crippen LogP contribution is 2.23. The maximum absolute atomic E-state index is 11.9. The zero-order valence-corrected chi connectivity index (χ0v) is 11.4. The van der Waals surface area contributed by atoms with Gasteiger partial charge in [-0.15, -0.1) is 0 Å². The largest absolute Gasteiger partial charge is 0.353 e. The average Bonchev–Trinajstić information content (AvgIpc) is 2.49. The van der Waals surface area contributed by atoms with E-state index >= 15 is 0 Å². The molecule has 1 aliphatic rings. The standard InChI is InChI=1S/C16H17N3O/c1-11-5-6-14(10-19-11)12-3-2-4-13(9-12)15-16(20)18-8-7-17-15/h2-6,9-10,15,17H,7-8H2,1H3,(H,18,20). The molecule has 0 bridgehead atoms. The summed E-state index contributed by atoms with van der Waals surface area (Å²) in [6.45, 7) is 3.46. The topological polar surface area (TPSA) is 54.0 Å². The average molecular weight is 267 g/mol. The van der Waals surface area contributed by atoms with Gasteiger partial charge in [-0.2, -0.15) is 0 Å². The molecule has 4 nitrogen and oxygen atoms in total. The van der Waals surface area contributed by atoms with Gasteiger partial charge < -0.3 is 10.6 Å². The van der Waals surface area contributed by atoms with Crippen LogP contribution in [0.25, 0.3) is 11.1 Å². The van der Waals surface area contributed by atoms with E-state index in [4.69, 9.17) is 0 Å². The fraction of sp³-hybridized carbons (Fsp3) is 0.250. The second-order valence-corrected chi connectivity index (χ2v) is 4.99. The van der Waals surface area contributed by atoms with Crippen LogP contribution in [0.3, 0.4) is 0 Å². The minimum absolute atomic E-state index is 0.0374. The van der Waals surface area contributed by atoms with Gasteiger partial charge in [0, 0.05) is 30.5 Å². The van der Waals surface area contributed by atoms with Gasteiger partial charge in [0.25, 0.3) is 0 Å². The van der Waals surface area contributed by atoms with E-state index in [2.05, 4.69) is 27.8 Å². The molecule has 1 fully saturated rings. The highest BCUT2D eigenvalue weighted by Gasteiger charge is 2.23. The van der Waals surface area contributed by atoms with Gasteiger partial charge in [-0.05, 0) is 30.2 Å². The fourth-order valence-corrected chi connectivity index (χ4v) is 2.40. The Bertz CT molecular complexity index is 622. The van der Waals surface area contributed by atoms with Gasteiger partial charge in [-0.25, -0.2) is 0 Å². The molecule has 1 atom stereocenters. The zero-order chi connectivity index (χ0) is 13.9. The normalized spacial score (nSPS) is 18.6. The Morgan fingerprint density at radius 2 is 2.05 bits per heavy atom. The van der Waals surface area contributed by atoms with Crippen LogP contribution < -0.4 is 10.6 Å². The van der Waals surface area contributed by atoms with E-state index < -0.39 is 0 Å². The Labute approximate surface area is 118 Å². The van der Waals surface area contributed by atoms with E-state index in [1.807, 2.05) is 37.4 Å².